The Balaban J connectivity index is 2.20. The van der Waals surface area contributed by atoms with Crippen LogP contribution in [-0.2, 0) is 0 Å². The highest BCUT2D eigenvalue weighted by Gasteiger charge is 2.08. The van der Waals surface area contributed by atoms with Gasteiger partial charge in [0.25, 0.3) is 0 Å². The number of carboxylic acids is 1. The van der Waals surface area contributed by atoms with Crippen molar-refractivity contribution in [3.05, 3.63) is 47.7 Å². The summed E-state index contributed by atoms with van der Waals surface area (Å²) in [6.07, 6.45) is 1.27. The molecule has 98 valence electrons. The number of nitrogens with zero attached hydrogens (tertiary/aromatic N) is 1. The van der Waals surface area contributed by atoms with E-state index in [9.17, 15) is 4.79 Å². The number of hydrogen-bond acceptors (Lipinski definition) is 4. The highest BCUT2D eigenvalue weighted by molar-refractivity contribution is 5.87. The van der Waals surface area contributed by atoms with Crippen molar-refractivity contribution >= 4 is 5.97 Å². The fourth-order valence-corrected chi connectivity index (χ4v) is 1.54. The quantitative estimate of drug-likeness (QED) is 0.914. The summed E-state index contributed by atoms with van der Waals surface area (Å²) in [5.74, 6) is 0.722. The highest BCUT2D eigenvalue weighted by Crippen LogP contribution is 2.25. The van der Waals surface area contributed by atoms with Gasteiger partial charge in [0.1, 0.15) is 11.5 Å². The number of rotatable bonds is 4. The molecule has 5 nitrogen and oxygen atoms in total. The normalized spacial score (nSPS) is 10.0. The molecule has 0 fully saturated rings. The molecular formula is C14H13NO4. The maximum Gasteiger partial charge on any atom is 0.337 e. The van der Waals surface area contributed by atoms with Crippen molar-refractivity contribution in [1.29, 1.82) is 0 Å². The summed E-state index contributed by atoms with van der Waals surface area (Å²) in [5.41, 5.74) is 0.801. The number of hydrogen-bond donors (Lipinski definition) is 1. The number of ether oxygens (including phenoxy) is 2. The second-order valence-electron chi connectivity index (χ2n) is 3.93. The molecule has 2 rings (SSSR count). The van der Waals surface area contributed by atoms with Crippen molar-refractivity contribution in [1.82, 2.24) is 4.98 Å². The molecule has 0 radical (unpaired) electrons. The van der Waals surface area contributed by atoms with Gasteiger partial charge in [-0.1, -0.05) is 0 Å². The molecule has 0 aliphatic heterocycles. The number of methoxy groups -OCH3 is 1. The van der Waals surface area contributed by atoms with Gasteiger partial charge in [-0.2, -0.15) is 0 Å². The zero-order chi connectivity index (χ0) is 13.8. The van der Waals surface area contributed by atoms with Gasteiger partial charge < -0.3 is 14.6 Å². The molecule has 0 atom stereocenters. The van der Waals surface area contributed by atoms with E-state index < -0.39 is 5.97 Å². The van der Waals surface area contributed by atoms with E-state index in [4.69, 9.17) is 14.6 Å². The molecule has 0 bridgehead atoms. The first-order valence-electron chi connectivity index (χ1n) is 5.62. The van der Waals surface area contributed by atoms with Gasteiger partial charge in [0.15, 0.2) is 0 Å². The topological polar surface area (TPSA) is 68.7 Å². The Bertz CT molecular complexity index is 593. The van der Waals surface area contributed by atoms with Gasteiger partial charge in [-0.15, -0.1) is 0 Å². The van der Waals surface area contributed by atoms with Crippen molar-refractivity contribution < 1.29 is 19.4 Å². The Morgan fingerprint density at radius 1 is 1.21 bits per heavy atom. The van der Waals surface area contributed by atoms with Crippen LogP contribution in [-0.4, -0.2) is 23.2 Å². The summed E-state index contributed by atoms with van der Waals surface area (Å²) in [4.78, 5) is 14.8. The first-order chi connectivity index (χ1) is 9.10. The fraction of sp³-hybridized carbons (Fsp3) is 0.143. The SMILES string of the molecule is COc1ccc(Oc2ncc(C(=O)O)cc2C)cc1. The van der Waals surface area contributed by atoms with Gasteiger partial charge in [0.05, 0.1) is 12.7 Å². The zero-order valence-corrected chi connectivity index (χ0v) is 10.6. The Kier molecular flexibility index (Phi) is 3.66. The standard InChI is InChI=1S/C14H13NO4/c1-9-7-10(14(16)17)8-15-13(9)19-12-5-3-11(18-2)4-6-12/h3-8H,1-2H3,(H,16,17). The predicted molar refractivity (Wildman–Crippen MR) is 69.0 cm³/mol. The van der Waals surface area contributed by atoms with E-state index in [0.717, 1.165) is 5.75 Å². The van der Waals surface area contributed by atoms with Gasteiger partial charge in [-0.25, -0.2) is 9.78 Å². The molecule has 5 heteroatoms. The number of carboxylic acid groups (broad SMARTS) is 1. The second kappa shape index (κ2) is 5.39. The molecule has 19 heavy (non-hydrogen) atoms. The summed E-state index contributed by atoms with van der Waals surface area (Å²) >= 11 is 0. The molecule has 1 heterocycles. The average molecular weight is 259 g/mol. The summed E-state index contributed by atoms with van der Waals surface area (Å²) in [6, 6.07) is 8.58. The molecule has 0 unspecified atom stereocenters. The van der Waals surface area contributed by atoms with Crippen molar-refractivity contribution in [3.63, 3.8) is 0 Å². The van der Waals surface area contributed by atoms with E-state index in [0.29, 0.717) is 17.2 Å². The second-order valence-corrected chi connectivity index (χ2v) is 3.93. The third-order valence-corrected chi connectivity index (χ3v) is 2.55. The Hall–Kier alpha value is -2.56. The van der Waals surface area contributed by atoms with E-state index >= 15 is 0 Å². The molecule has 2 aromatic rings. The molecule has 0 aliphatic rings. The van der Waals surface area contributed by atoms with Crippen LogP contribution < -0.4 is 9.47 Å². The van der Waals surface area contributed by atoms with Crippen LogP contribution in [0.2, 0.25) is 0 Å². The molecule has 0 aliphatic carbocycles. The molecule has 1 aromatic carbocycles. The van der Waals surface area contributed by atoms with Gasteiger partial charge >= 0.3 is 5.97 Å². The smallest absolute Gasteiger partial charge is 0.337 e. The van der Waals surface area contributed by atoms with Gasteiger partial charge in [0, 0.05) is 11.8 Å². The van der Waals surface area contributed by atoms with Crippen LogP contribution in [0, 0.1) is 6.92 Å². The average Bonchev–Trinajstić information content (AvgIpc) is 2.41. The third-order valence-electron chi connectivity index (χ3n) is 2.55. The fourth-order valence-electron chi connectivity index (χ4n) is 1.54. The van der Waals surface area contributed by atoms with Crippen molar-refractivity contribution in [2.75, 3.05) is 7.11 Å². The number of aryl methyl sites for hydroxylation is 1. The lowest BCUT2D eigenvalue weighted by Gasteiger charge is -2.08. The van der Waals surface area contributed by atoms with Crippen LogP contribution in [0.25, 0.3) is 0 Å². The molecule has 1 aromatic heterocycles. The Morgan fingerprint density at radius 3 is 2.37 bits per heavy atom. The monoisotopic (exact) mass is 259 g/mol. The lowest BCUT2D eigenvalue weighted by molar-refractivity contribution is 0.0696. The molecule has 0 amide bonds. The highest BCUT2D eigenvalue weighted by atomic mass is 16.5. The van der Waals surface area contributed by atoms with Crippen molar-refractivity contribution in [2.24, 2.45) is 0 Å². The van der Waals surface area contributed by atoms with Crippen molar-refractivity contribution in [3.8, 4) is 17.4 Å². The predicted octanol–water partition coefficient (Wildman–Crippen LogP) is 2.89. The number of carbonyl (C=O) groups is 1. The first kappa shape index (κ1) is 12.9. The van der Waals surface area contributed by atoms with Crippen LogP contribution in [0.3, 0.4) is 0 Å². The maximum absolute atomic E-state index is 10.8. The summed E-state index contributed by atoms with van der Waals surface area (Å²) in [7, 11) is 1.59. The van der Waals surface area contributed by atoms with E-state index in [2.05, 4.69) is 4.98 Å². The van der Waals surface area contributed by atoms with Crippen LogP contribution in [0.1, 0.15) is 15.9 Å². The maximum atomic E-state index is 10.8. The van der Waals surface area contributed by atoms with Gasteiger partial charge in [-0.3, -0.25) is 0 Å². The lowest BCUT2D eigenvalue weighted by atomic mass is 10.2. The minimum absolute atomic E-state index is 0.139. The number of aromatic carboxylic acids is 1. The molecular weight excluding hydrogens is 246 g/mol. The van der Waals surface area contributed by atoms with Gasteiger partial charge in [0.2, 0.25) is 5.88 Å². The van der Waals surface area contributed by atoms with E-state index in [1.807, 2.05) is 0 Å². The van der Waals surface area contributed by atoms with E-state index in [-0.39, 0.29) is 5.56 Å². The van der Waals surface area contributed by atoms with Crippen LogP contribution in [0.5, 0.6) is 17.4 Å². The summed E-state index contributed by atoms with van der Waals surface area (Å²) in [5, 5.41) is 8.85. The molecule has 0 spiro atoms. The molecule has 0 saturated heterocycles. The number of aromatic nitrogens is 1. The molecule has 1 N–H and O–H groups in total. The minimum atomic E-state index is -1.01. The largest absolute Gasteiger partial charge is 0.497 e. The molecule has 0 saturated carbocycles. The first-order valence-corrected chi connectivity index (χ1v) is 5.62. The number of benzene rings is 1. The van der Waals surface area contributed by atoms with Gasteiger partial charge in [-0.05, 0) is 37.3 Å². The van der Waals surface area contributed by atoms with Crippen molar-refractivity contribution in [2.45, 2.75) is 6.92 Å². The minimum Gasteiger partial charge on any atom is -0.497 e. The van der Waals surface area contributed by atoms with E-state index in [1.54, 1.807) is 38.3 Å². The summed E-state index contributed by atoms with van der Waals surface area (Å²) < 4.78 is 10.6. The zero-order valence-electron chi connectivity index (χ0n) is 10.6. The van der Waals surface area contributed by atoms with Crippen LogP contribution >= 0.6 is 0 Å². The number of pyridine rings is 1. The van der Waals surface area contributed by atoms with Crippen LogP contribution in [0.4, 0.5) is 0 Å². The Labute approximate surface area is 110 Å². The lowest BCUT2D eigenvalue weighted by Crippen LogP contribution is -1.99. The Morgan fingerprint density at radius 2 is 1.84 bits per heavy atom. The summed E-state index contributed by atoms with van der Waals surface area (Å²) in [6.45, 7) is 1.75. The van der Waals surface area contributed by atoms with Crippen LogP contribution in [0.15, 0.2) is 36.5 Å². The van der Waals surface area contributed by atoms with E-state index in [1.165, 1.54) is 12.3 Å². The third kappa shape index (κ3) is 3.01.